The van der Waals surface area contributed by atoms with E-state index < -0.39 is 0 Å². The Bertz CT molecular complexity index is 266. The first-order valence-electron chi connectivity index (χ1n) is 10.9. The molecule has 0 atom stereocenters. The van der Waals surface area contributed by atoms with Crippen molar-refractivity contribution in [2.75, 3.05) is 20.8 Å². The van der Waals surface area contributed by atoms with Crippen molar-refractivity contribution in [3.63, 3.8) is 0 Å². The highest BCUT2D eigenvalue weighted by Gasteiger charge is 1.99. The highest BCUT2D eigenvalue weighted by molar-refractivity contribution is 5.68. The lowest BCUT2D eigenvalue weighted by atomic mass is 10.0. The fourth-order valence-electron chi connectivity index (χ4n) is 3.27. The summed E-state index contributed by atoms with van der Waals surface area (Å²) in [6.45, 7) is 0.926. The van der Waals surface area contributed by atoms with Crippen LogP contribution in [0.1, 0.15) is 116 Å². The molecule has 0 aliphatic carbocycles. The summed E-state index contributed by atoms with van der Waals surface area (Å²) in [6.07, 6.45) is 23.4. The highest BCUT2D eigenvalue weighted by atomic mass is 16.5. The normalized spacial score (nSPS) is 11.0. The summed E-state index contributed by atoms with van der Waals surface area (Å²) in [4.78, 5) is 11.0. The molecule has 3 heteroatoms. The quantitative estimate of drug-likeness (QED) is 0.177. The number of carbonyl (C=O) groups is 1. The minimum Gasteiger partial charge on any atom is -0.469 e. The molecule has 0 aliphatic heterocycles. The van der Waals surface area contributed by atoms with Gasteiger partial charge in [-0.05, 0) is 12.8 Å². The molecule has 0 amide bonds. The summed E-state index contributed by atoms with van der Waals surface area (Å²) in [5.41, 5.74) is 0. The van der Waals surface area contributed by atoms with Crippen molar-refractivity contribution >= 4 is 5.97 Å². The van der Waals surface area contributed by atoms with Crippen LogP contribution in [0.25, 0.3) is 0 Å². The molecule has 0 heterocycles. The zero-order valence-corrected chi connectivity index (χ0v) is 17.2. The molecule has 0 aromatic rings. The average molecular weight is 357 g/mol. The Hall–Kier alpha value is -0.570. The molecule has 0 N–H and O–H groups in total. The van der Waals surface area contributed by atoms with Gasteiger partial charge in [-0.15, -0.1) is 0 Å². The van der Waals surface area contributed by atoms with Gasteiger partial charge in [-0.1, -0.05) is 96.3 Å². The van der Waals surface area contributed by atoms with Crippen LogP contribution in [0.4, 0.5) is 0 Å². The van der Waals surface area contributed by atoms with E-state index in [2.05, 4.69) is 4.74 Å². The van der Waals surface area contributed by atoms with Gasteiger partial charge in [0.15, 0.2) is 0 Å². The van der Waals surface area contributed by atoms with Crippen molar-refractivity contribution in [2.45, 2.75) is 116 Å². The molecule has 0 saturated heterocycles. The molecule has 0 aliphatic rings. The van der Waals surface area contributed by atoms with Crippen molar-refractivity contribution in [1.29, 1.82) is 0 Å². The van der Waals surface area contributed by atoms with E-state index >= 15 is 0 Å². The molecule has 0 bridgehead atoms. The van der Waals surface area contributed by atoms with Gasteiger partial charge in [-0.2, -0.15) is 0 Å². The molecule has 0 aromatic carbocycles. The van der Waals surface area contributed by atoms with Crippen molar-refractivity contribution in [3.8, 4) is 0 Å². The van der Waals surface area contributed by atoms with Crippen LogP contribution in [0.2, 0.25) is 0 Å². The first-order chi connectivity index (χ1) is 12.3. The van der Waals surface area contributed by atoms with Crippen LogP contribution in [-0.2, 0) is 14.3 Å². The van der Waals surface area contributed by atoms with Crippen LogP contribution in [0.15, 0.2) is 0 Å². The summed E-state index contributed by atoms with van der Waals surface area (Å²) >= 11 is 0. The van der Waals surface area contributed by atoms with Gasteiger partial charge in [0.05, 0.1) is 7.11 Å². The van der Waals surface area contributed by atoms with Gasteiger partial charge in [0.1, 0.15) is 0 Å². The minimum atomic E-state index is -0.0675. The number of unbranched alkanes of at least 4 members (excludes halogenated alkanes) is 16. The maximum absolute atomic E-state index is 11.0. The number of ether oxygens (including phenoxy) is 2. The Morgan fingerprint density at radius 3 is 1.16 bits per heavy atom. The fraction of sp³-hybridized carbons (Fsp3) is 0.955. The van der Waals surface area contributed by atoms with Gasteiger partial charge >= 0.3 is 5.97 Å². The fourth-order valence-corrected chi connectivity index (χ4v) is 3.27. The van der Waals surface area contributed by atoms with E-state index in [1.54, 1.807) is 7.11 Å². The molecule has 0 unspecified atom stereocenters. The number of methoxy groups -OCH3 is 2. The zero-order valence-electron chi connectivity index (χ0n) is 17.2. The van der Waals surface area contributed by atoms with E-state index in [1.165, 1.54) is 110 Å². The SMILES string of the molecule is COCCCCCCCCCCCCCCCCCCCC(=O)OC. The van der Waals surface area contributed by atoms with E-state index in [1.807, 2.05) is 0 Å². The van der Waals surface area contributed by atoms with Crippen molar-refractivity contribution in [3.05, 3.63) is 0 Å². The lowest BCUT2D eigenvalue weighted by Crippen LogP contribution is -1.99. The topological polar surface area (TPSA) is 35.5 Å². The first kappa shape index (κ1) is 24.4. The largest absolute Gasteiger partial charge is 0.469 e. The van der Waals surface area contributed by atoms with Crippen molar-refractivity contribution in [2.24, 2.45) is 0 Å². The summed E-state index contributed by atoms with van der Waals surface area (Å²) in [5, 5.41) is 0. The van der Waals surface area contributed by atoms with Crippen LogP contribution in [-0.4, -0.2) is 26.8 Å². The van der Waals surface area contributed by atoms with E-state index in [9.17, 15) is 4.79 Å². The monoisotopic (exact) mass is 356 g/mol. The van der Waals surface area contributed by atoms with E-state index in [0.717, 1.165) is 13.0 Å². The molecular formula is C22H44O3. The maximum atomic E-state index is 11.0. The molecule has 0 fully saturated rings. The predicted molar refractivity (Wildman–Crippen MR) is 107 cm³/mol. The summed E-state index contributed by atoms with van der Waals surface area (Å²) in [6, 6.07) is 0. The van der Waals surface area contributed by atoms with Gasteiger partial charge in [0.25, 0.3) is 0 Å². The number of rotatable bonds is 20. The maximum Gasteiger partial charge on any atom is 0.305 e. The van der Waals surface area contributed by atoms with Crippen molar-refractivity contribution < 1.29 is 14.3 Å². The Balaban J connectivity index is 2.99. The molecule has 0 spiro atoms. The molecule has 0 aromatic heterocycles. The van der Waals surface area contributed by atoms with E-state index in [-0.39, 0.29) is 5.97 Å². The third kappa shape index (κ3) is 21.4. The number of carbonyl (C=O) groups excluding carboxylic acids is 1. The van der Waals surface area contributed by atoms with Gasteiger partial charge in [-0.25, -0.2) is 0 Å². The number of hydrogen-bond donors (Lipinski definition) is 0. The molecule has 3 nitrogen and oxygen atoms in total. The molecule has 0 rings (SSSR count). The lowest BCUT2D eigenvalue weighted by Gasteiger charge is -2.04. The Labute approximate surface area is 157 Å². The van der Waals surface area contributed by atoms with Gasteiger partial charge in [0, 0.05) is 20.1 Å². The van der Waals surface area contributed by atoms with Crippen LogP contribution >= 0.6 is 0 Å². The van der Waals surface area contributed by atoms with Crippen LogP contribution < -0.4 is 0 Å². The standard InChI is InChI=1S/C22H44O3/c1-24-21-19-17-15-13-11-9-7-5-3-4-6-8-10-12-14-16-18-20-22(23)25-2/h3-21H2,1-2H3. The minimum absolute atomic E-state index is 0.0675. The van der Waals surface area contributed by atoms with Gasteiger partial charge in [0.2, 0.25) is 0 Å². The second-order valence-corrected chi connectivity index (χ2v) is 7.33. The zero-order chi connectivity index (χ0) is 18.4. The van der Waals surface area contributed by atoms with Gasteiger partial charge in [-0.3, -0.25) is 4.79 Å². The Morgan fingerprint density at radius 2 is 0.840 bits per heavy atom. The number of hydrogen-bond acceptors (Lipinski definition) is 3. The average Bonchev–Trinajstić information content (AvgIpc) is 2.63. The molecule has 25 heavy (non-hydrogen) atoms. The van der Waals surface area contributed by atoms with Crippen LogP contribution in [0.3, 0.4) is 0 Å². The smallest absolute Gasteiger partial charge is 0.305 e. The molecular weight excluding hydrogens is 312 g/mol. The van der Waals surface area contributed by atoms with Crippen LogP contribution in [0.5, 0.6) is 0 Å². The van der Waals surface area contributed by atoms with E-state index in [4.69, 9.17) is 4.74 Å². The highest BCUT2D eigenvalue weighted by Crippen LogP contribution is 2.14. The second-order valence-electron chi connectivity index (χ2n) is 7.33. The third-order valence-corrected chi connectivity index (χ3v) is 4.96. The molecule has 0 radical (unpaired) electrons. The summed E-state index contributed by atoms with van der Waals surface area (Å²) in [7, 11) is 3.25. The van der Waals surface area contributed by atoms with Crippen LogP contribution in [0, 0.1) is 0 Å². The lowest BCUT2D eigenvalue weighted by molar-refractivity contribution is -0.140. The van der Waals surface area contributed by atoms with E-state index in [0.29, 0.717) is 6.42 Å². The molecule has 150 valence electrons. The predicted octanol–water partition coefficient (Wildman–Crippen LogP) is 6.83. The number of esters is 1. The van der Waals surface area contributed by atoms with Crippen molar-refractivity contribution in [1.82, 2.24) is 0 Å². The molecule has 0 saturated carbocycles. The summed E-state index contributed by atoms with van der Waals surface area (Å²) < 4.78 is 9.71. The summed E-state index contributed by atoms with van der Waals surface area (Å²) in [5.74, 6) is -0.0675. The Kier molecular flexibility index (Phi) is 21.0. The second kappa shape index (κ2) is 21.5. The third-order valence-electron chi connectivity index (χ3n) is 4.96. The Morgan fingerprint density at radius 1 is 0.520 bits per heavy atom. The first-order valence-corrected chi connectivity index (χ1v) is 10.9. The van der Waals surface area contributed by atoms with Gasteiger partial charge < -0.3 is 9.47 Å².